The second-order valence-electron chi connectivity index (χ2n) is 3.22. The van der Waals surface area contributed by atoms with Gasteiger partial charge in [-0.1, -0.05) is 0 Å². The first kappa shape index (κ1) is 13.3. The summed E-state index contributed by atoms with van der Waals surface area (Å²) in [4.78, 5) is 0. The summed E-state index contributed by atoms with van der Waals surface area (Å²) >= 11 is 2.80. The van der Waals surface area contributed by atoms with Crippen LogP contribution in [0.25, 0.3) is 0 Å². The molecule has 4 N–H and O–H groups in total. The molecule has 0 aliphatic carbocycles. The lowest BCUT2D eigenvalue weighted by atomic mass is 10.0. The minimum atomic E-state index is -3.63. The summed E-state index contributed by atoms with van der Waals surface area (Å²) < 4.78 is 39.0. The second-order valence-corrected chi connectivity index (χ2v) is 4.08. The number of phenolic OH excluding ortho intramolecular Hbond substituents is 1. The van der Waals surface area contributed by atoms with Crippen molar-refractivity contribution in [3.05, 3.63) is 28.0 Å². The van der Waals surface area contributed by atoms with E-state index in [1.54, 1.807) is 0 Å². The molecule has 0 aromatic heterocycles. The highest BCUT2D eigenvalue weighted by molar-refractivity contribution is 9.10. The molecule has 0 spiro atoms. The number of halogens is 4. The highest BCUT2D eigenvalue weighted by Gasteiger charge is 2.39. The van der Waals surface area contributed by atoms with E-state index in [4.69, 9.17) is 10.8 Å². The molecule has 0 unspecified atom stereocenters. The third-order valence-electron chi connectivity index (χ3n) is 2.06. The molecule has 0 saturated heterocycles. The minimum absolute atomic E-state index is 0.0771. The fraction of sp³-hybridized carbons (Fsp3) is 0.333. The molecule has 0 fully saturated rings. The van der Waals surface area contributed by atoms with Crippen LogP contribution in [0.4, 0.5) is 13.2 Å². The summed E-state index contributed by atoms with van der Waals surface area (Å²) in [5.74, 6) is -5.02. The summed E-state index contributed by atoms with van der Waals surface area (Å²) in [7, 11) is 0. The molecule has 0 aliphatic rings. The lowest BCUT2D eigenvalue weighted by Gasteiger charge is -2.22. The van der Waals surface area contributed by atoms with E-state index in [9.17, 15) is 18.3 Å². The van der Waals surface area contributed by atoms with Gasteiger partial charge in [0, 0.05) is 5.56 Å². The summed E-state index contributed by atoms with van der Waals surface area (Å²) in [5.41, 5.74) is 4.70. The second kappa shape index (κ2) is 4.60. The van der Waals surface area contributed by atoms with Gasteiger partial charge in [-0.15, -0.1) is 0 Å². The summed E-state index contributed by atoms with van der Waals surface area (Å²) in [6, 6.07) is -0.360. The fourth-order valence-corrected chi connectivity index (χ4v) is 1.60. The molecule has 1 rings (SSSR count). The van der Waals surface area contributed by atoms with Gasteiger partial charge in [0.2, 0.25) is 0 Å². The van der Waals surface area contributed by atoms with E-state index in [1.165, 1.54) is 0 Å². The predicted octanol–water partition coefficient (Wildman–Crippen LogP) is 1.92. The molecule has 0 amide bonds. The Bertz CT molecular complexity index is 401. The van der Waals surface area contributed by atoms with Crippen LogP contribution in [0, 0.1) is 5.82 Å². The van der Waals surface area contributed by atoms with Crippen molar-refractivity contribution in [1.29, 1.82) is 0 Å². The van der Waals surface area contributed by atoms with Crippen molar-refractivity contribution in [3.8, 4) is 5.75 Å². The molecule has 0 radical (unpaired) electrons. The number of nitrogens with two attached hydrogens (primary N) is 1. The van der Waals surface area contributed by atoms with Crippen molar-refractivity contribution in [2.75, 3.05) is 6.61 Å². The van der Waals surface area contributed by atoms with E-state index < -0.39 is 35.7 Å². The van der Waals surface area contributed by atoms with Gasteiger partial charge in [-0.2, -0.15) is 0 Å². The number of hydrogen-bond donors (Lipinski definition) is 3. The van der Waals surface area contributed by atoms with Gasteiger partial charge < -0.3 is 15.9 Å². The largest absolute Gasteiger partial charge is 0.506 e. The van der Waals surface area contributed by atoms with Crippen LogP contribution < -0.4 is 5.73 Å². The van der Waals surface area contributed by atoms with Crippen molar-refractivity contribution in [1.82, 2.24) is 0 Å². The predicted molar refractivity (Wildman–Crippen MR) is 54.7 cm³/mol. The van der Waals surface area contributed by atoms with Crippen LogP contribution in [-0.4, -0.2) is 22.7 Å². The SMILES string of the molecule is N[C@H](c1cc(F)cc(Br)c1O)C(F)(F)CO. The molecule has 0 aliphatic heterocycles. The first-order valence-electron chi connectivity index (χ1n) is 4.21. The molecular weight excluding hydrogens is 291 g/mol. The van der Waals surface area contributed by atoms with Crippen LogP contribution in [0.1, 0.15) is 11.6 Å². The van der Waals surface area contributed by atoms with Gasteiger partial charge in [0.05, 0.1) is 4.47 Å². The molecule has 0 heterocycles. The highest BCUT2D eigenvalue weighted by Crippen LogP contribution is 2.38. The number of benzene rings is 1. The monoisotopic (exact) mass is 299 g/mol. The zero-order chi connectivity index (χ0) is 12.5. The highest BCUT2D eigenvalue weighted by atomic mass is 79.9. The maximum Gasteiger partial charge on any atom is 0.289 e. The summed E-state index contributed by atoms with van der Waals surface area (Å²) in [6.45, 7) is -1.48. The van der Waals surface area contributed by atoms with Gasteiger partial charge in [0.25, 0.3) is 5.92 Å². The Hall–Kier alpha value is -0.790. The summed E-state index contributed by atoms with van der Waals surface area (Å²) in [5, 5.41) is 17.9. The number of phenols is 1. The number of rotatable bonds is 3. The zero-order valence-corrected chi connectivity index (χ0v) is 9.51. The van der Waals surface area contributed by atoms with Crippen molar-refractivity contribution in [3.63, 3.8) is 0 Å². The van der Waals surface area contributed by atoms with Crippen LogP contribution in [0.2, 0.25) is 0 Å². The molecule has 1 atom stereocenters. The summed E-state index contributed by atoms with van der Waals surface area (Å²) in [6.07, 6.45) is 0. The zero-order valence-electron chi connectivity index (χ0n) is 7.92. The number of aromatic hydroxyl groups is 1. The molecule has 16 heavy (non-hydrogen) atoms. The van der Waals surface area contributed by atoms with E-state index in [-0.39, 0.29) is 4.47 Å². The number of alkyl halides is 2. The van der Waals surface area contributed by atoms with Gasteiger partial charge in [0.1, 0.15) is 24.2 Å². The Balaban J connectivity index is 3.23. The smallest absolute Gasteiger partial charge is 0.289 e. The number of aliphatic hydroxyl groups excluding tert-OH is 1. The molecule has 90 valence electrons. The maximum absolute atomic E-state index is 13.1. The van der Waals surface area contributed by atoms with E-state index in [0.717, 1.165) is 6.07 Å². The molecule has 1 aromatic carbocycles. The Morgan fingerprint density at radius 3 is 2.50 bits per heavy atom. The first-order chi connectivity index (χ1) is 7.29. The van der Waals surface area contributed by atoms with E-state index in [2.05, 4.69) is 15.9 Å². The van der Waals surface area contributed by atoms with Crippen molar-refractivity contribution < 1.29 is 23.4 Å². The quantitative estimate of drug-likeness (QED) is 0.799. The Labute approximate surface area is 97.8 Å². The molecule has 0 saturated carbocycles. The molecule has 7 heteroatoms. The molecule has 0 bridgehead atoms. The number of aliphatic hydroxyl groups is 1. The normalized spacial score (nSPS) is 13.9. The Morgan fingerprint density at radius 1 is 1.44 bits per heavy atom. The Kier molecular flexibility index (Phi) is 3.82. The van der Waals surface area contributed by atoms with Crippen LogP contribution in [0.3, 0.4) is 0 Å². The lowest BCUT2D eigenvalue weighted by molar-refractivity contribution is -0.0716. The fourth-order valence-electron chi connectivity index (χ4n) is 1.15. The van der Waals surface area contributed by atoms with E-state index in [1.807, 2.05) is 0 Å². The molecular formula is C9H9BrF3NO2. The molecule has 1 aromatic rings. The van der Waals surface area contributed by atoms with Gasteiger partial charge in [-0.3, -0.25) is 0 Å². The van der Waals surface area contributed by atoms with E-state index >= 15 is 0 Å². The van der Waals surface area contributed by atoms with Gasteiger partial charge in [0.15, 0.2) is 0 Å². The average molecular weight is 300 g/mol. The van der Waals surface area contributed by atoms with Gasteiger partial charge >= 0.3 is 0 Å². The lowest BCUT2D eigenvalue weighted by Crippen LogP contribution is -2.36. The van der Waals surface area contributed by atoms with E-state index in [0.29, 0.717) is 6.07 Å². The molecule has 3 nitrogen and oxygen atoms in total. The van der Waals surface area contributed by atoms with Crippen LogP contribution in [-0.2, 0) is 0 Å². The van der Waals surface area contributed by atoms with Crippen LogP contribution in [0.15, 0.2) is 16.6 Å². The van der Waals surface area contributed by atoms with Crippen LogP contribution >= 0.6 is 15.9 Å². The third-order valence-corrected chi connectivity index (χ3v) is 2.66. The van der Waals surface area contributed by atoms with Crippen molar-refractivity contribution in [2.45, 2.75) is 12.0 Å². The van der Waals surface area contributed by atoms with Crippen LogP contribution in [0.5, 0.6) is 5.75 Å². The maximum atomic E-state index is 13.1. The third kappa shape index (κ3) is 2.47. The van der Waals surface area contributed by atoms with Gasteiger partial charge in [-0.05, 0) is 28.1 Å². The Morgan fingerprint density at radius 2 is 2.00 bits per heavy atom. The van der Waals surface area contributed by atoms with Gasteiger partial charge in [-0.25, -0.2) is 13.2 Å². The minimum Gasteiger partial charge on any atom is -0.506 e. The van der Waals surface area contributed by atoms with Crippen molar-refractivity contribution in [2.24, 2.45) is 5.73 Å². The van der Waals surface area contributed by atoms with Crippen molar-refractivity contribution >= 4 is 15.9 Å². The first-order valence-corrected chi connectivity index (χ1v) is 5.01. The standard InChI is InChI=1S/C9H9BrF3NO2/c10-6-2-4(11)1-5(7(6)16)8(14)9(12,13)3-15/h1-2,8,15-16H,3,14H2/t8-/m1/s1. The number of hydrogen-bond acceptors (Lipinski definition) is 3. The topological polar surface area (TPSA) is 66.5 Å². The average Bonchev–Trinajstić information content (AvgIpc) is 2.22.